The molecule has 0 saturated heterocycles. The molecule has 0 saturated carbocycles. The van der Waals surface area contributed by atoms with E-state index in [2.05, 4.69) is 19.7 Å². The summed E-state index contributed by atoms with van der Waals surface area (Å²) >= 11 is 0. The lowest BCUT2D eigenvalue weighted by Gasteiger charge is -2.08. The van der Waals surface area contributed by atoms with Crippen molar-refractivity contribution in [2.75, 3.05) is 7.11 Å². The maximum Gasteiger partial charge on any atom is 0.387 e. The smallest absolute Gasteiger partial charge is 0.387 e. The second kappa shape index (κ2) is 5.47. The van der Waals surface area contributed by atoms with Crippen LogP contribution < -0.4 is 4.74 Å². The van der Waals surface area contributed by atoms with Crippen LogP contribution in [0.5, 0.6) is 5.75 Å². The number of hydrogen-bond acceptors (Lipinski definition) is 4. The van der Waals surface area contributed by atoms with Crippen LogP contribution in [0.2, 0.25) is 0 Å². The van der Waals surface area contributed by atoms with Crippen LogP contribution in [0.25, 0.3) is 11.3 Å². The van der Waals surface area contributed by atoms with Crippen molar-refractivity contribution in [1.82, 2.24) is 10.2 Å². The molecule has 2 rings (SSSR count). The van der Waals surface area contributed by atoms with Gasteiger partial charge in [-0.2, -0.15) is 13.9 Å². The number of esters is 1. The number of methoxy groups -OCH3 is 1. The summed E-state index contributed by atoms with van der Waals surface area (Å²) in [5, 5.41) is 6.34. The van der Waals surface area contributed by atoms with Crippen LogP contribution in [0.15, 0.2) is 30.3 Å². The van der Waals surface area contributed by atoms with Crippen LogP contribution >= 0.6 is 0 Å². The number of para-hydroxylation sites is 1. The molecule has 0 aliphatic rings. The third-order valence-electron chi connectivity index (χ3n) is 2.36. The van der Waals surface area contributed by atoms with Crippen LogP contribution in [0.3, 0.4) is 0 Å². The number of ether oxygens (including phenoxy) is 2. The number of aromatic nitrogens is 2. The van der Waals surface area contributed by atoms with Gasteiger partial charge >= 0.3 is 12.6 Å². The van der Waals surface area contributed by atoms with Crippen LogP contribution in [0.4, 0.5) is 8.78 Å². The van der Waals surface area contributed by atoms with Gasteiger partial charge in [0, 0.05) is 5.56 Å². The molecule has 0 atom stereocenters. The van der Waals surface area contributed by atoms with Crippen molar-refractivity contribution in [2.45, 2.75) is 6.61 Å². The quantitative estimate of drug-likeness (QED) is 0.865. The van der Waals surface area contributed by atoms with Crippen molar-refractivity contribution in [2.24, 2.45) is 0 Å². The molecule has 0 aliphatic heterocycles. The number of carbonyl (C=O) groups is 1. The van der Waals surface area contributed by atoms with Crippen molar-refractivity contribution in [1.29, 1.82) is 0 Å². The zero-order valence-electron chi connectivity index (χ0n) is 9.89. The van der Waals surface area contributed by atoms with Crippen LogP contribution in [-0.4, -0.2) is 29.9 Å². The summed E-state index contributed by atoms with van der Waals surface area (Å²) in [5.74, 6) is -0.605. The van der Waals surface area contributed by atoms with E-state index in [1.54, 1.807) is 18.2 Å². The fraction of sp³-hybridized carbons (Fsp3) is 0.167. The highest BCUT2D eigenvalue weighted by Gasteiger charge is 2.15. The minimum absolute atomic E-state index is 0.0135. The Morgan fingerprint density at radius 2 is 2.11 bits per heavy atom. The highest BCUT2D eigenvalue weighted by Crippen LogP contribution is 2.29. The monoisotopic (exact) mass is 268 g/mol. The highest BCUT2D eigenvalue weighted by molar-refractivity contribution is 5.88. The summed E-state index contributed by atoms with van der Waals surface area (Å²) < 4.78 is 33.5. The summed E-state index contributed by atoms with van der Waals surface area (Å²) in [7, 11) is 1.23. The lowest BCUT2D eigenvalue weighted by molar-refractivity contribution is -0.0494. The van der Waals surface area contributed by atoms with Crippen molar-refractivity contribution in [3.05, 3.63) is 36.0 Å². The van der Waals surface area contributed by atoms with Gasteiger partial charge in [-0.3, -0.25) is 5.10 Å². The first-order valence-electron chi connectivity index (χ1n) is 5.29. The highest BCUT2D eigenvalue weighted by atomic mass is 19.3. The molecule has 0 amide bonds. The van der Waals surface area contributed by atoms with E-state index in [-0.39, 0.29) is 11.4 Å². The van der Waals surface area contributed by atoms with Crippen molar-refractivity contribution in [3.63, 3.8) is 0 Å². The molecule has 0 unspecified atom stereocenters. The summed E-state index contributed by atoms with van der Waals surface area (Å²) in [4.78, 5) is 11.3. The first kappa shape index (κ1) is 13.0. The third kappa shape index (κ3) is 2.87. The van der Waals surface area contributed by atoms with Gasteiger partial charge in [-0.15, -0.1) is 0 Å². The topological polar surface area (TPSA) is 64.2 Å². The largest absolute Gasteiger partial charge is 0.464 e. The number of halogens is 2. The summed E-state index contributed by atoms with van der Waals surface area (Å²) in [6.45, 7) is -2.93. The lowest BCUT2D eigenvalue weighted by atomic mass is 10.1. The predicted molar refractivity (Wildman–Crippen MR) is 62.0 cm³/mol. The summed E-state index contributed by atoms with van der Waals surface area (Å²) in [5.41, 5.74) is 0.801. The molecule has 1 heterocycles. The fourth-order valence-electron chi connectivity index (χ4n) is 1.55. The average Bonchev–Trinajstić information content (AvgIpc) is 2.87. The predicted octanol–water partition coefficient (Wildman–Crippen LogP) is 2.46. The maximum absolute atomic E-state index is 12.3. The van der Waals surface area contributed by atoms with Gasteiger partial charge in [-0.25, -0.2) is 4.79 Å². The Balaban J connectivity index is 2.36. The number of rotatable bonds is 4. The first-order valence-corrected chi connectivity index (χ1v) is 5.29. The molecule has 1 N–H and O–H groups in total. The van der Waals surface area contributed by atoms with Crippen molar-refractivity contribution in [3.8, 4) is 17.0 Å². The second-order valence-corrected chi connectivity index (χ2v) is 3.53. The van der Waals surface area contributed by atoms with Crippen molar-refractivity contribution < 1.29 is 23.0 Å². The molecule has 0 aliphatic carbocycles. The normalized spacial score (nSPS) is 10.5. The number of alkyl halides is 2. The van der Waals surface area contributed by atoms with Gasteiger partial charge in [0.25, 0.3) is 0 Å². The lowest BCUT2D eigenvalue weighted by Crippen LogP contribution is -2.03. The maximum atomic E-state index is 12.3. The number of aromatic amines is 1. The molecule has 2 aromatic rings. The Hall–Kier alpha value is -2.44. The molecular formula is C12H10F2N2O3. The molecule has 0 fully saturated rings. The molecule has 1 aromatic heterocycles. The van der Waals surface area contributed by atoms with Gasteiger partial charge in [0.2, 0.25) is 0 Å². The Bertz CT molecular complexity index is 584. The van der Waals surface area contributed by atoms with E-state index in [0.29, 0.717) is 11.3 Å². The standard InChI is InChI=1S/C12H10F2N2O3/c1-18-11(17)9-6-8(15-16-9)7-4-2-3-5-10(7)19-12(13)14/h2-6,12H,1H3,(H,15,16). The first-order chi connectivity index (χ1) is 9.11. The molecule has 5 nitrogen and oxygen atoms in total. The molecule has 1 aromatic carbocycles. The number of carbonyl (C=O) groups excluding carboxylic acids is 1. The molecule has 100 valence electrons. The molecule has 0 radical (unpaired) electrons. The zero-order valence-corrected chi connectivity index (χ0v) is 9.89. The van der Waals surface area contributed by atoms with Gasteiger partial charge < -0.3 is 9.47 Å². The number of H-pyrrole nitrogens is 1. The minimum atomic E-state index is -2.93. The minimum Gasteiger partial charge on any atom is -0.464 e. The SMILES string of the molecule is COC(=O)c1cc(-c2ccccc2OC(F)F)n[nH]1. The van der Waals surface area contributed by atoms with E-state index in [1.165, 1.54) is 19.2 Å². The average molecular weight is 268 g/mol. The van der Waals surface area contributed by atoms with E-state index >= 15 is 0 Å². The van der Waals surface area contributed by atoms with Crippen LogP contribution in [0, 0.1) is 0 Å². The van der Waals surface area contributed by atoms with Crippen LogP contribution in [0.1, 0.15) is 10.5 Å². The molecule has 7 heteroatoms. The van der Waals surface area contributed by atoms with E-state index in [4.69, 9.17) is 0 Å². The van der Waals surface area contributed by atoms with E-state index in [9.17, 15) is 13.6 Å². The molecule has 19 heavy (non-hydrogen) atoms. The van der Waals surface area contributed by atoms with Gasteiger partial charge in [0.1, 0.15) is 11.4 Å². The van der Waals surface area contributed by atoms with Crippen LogP contribution in [-0.2, 0) is 4.74 Å². The zero-order chi connectivity index (χ0) is 13.8. The van der Waals surface area contributed by atoms with E-state index in [1.807, 2.05) is 0 Å². The molecular weight excluding hydrogens is 258 g/mol. The van der Waals surface area contributed by atoms with Gasteiger partial charge in [0.05, 0.1) is 12.8 Å². The second-order valence-electron chi connectivity index (χ2n) is 3.53. The Morgan fingerprint density at radius 1 is 1.37 bits per heavy atom. The summed E-state index contributed by atoms with van der Waals surface area (Å²) in [6, 6.07) is 7.58. The molecule has 0 spiro atoms. The third-order valence-corrected chi connectivity index (χ3v) is 2.36. The number of nitrogens with one attached hydrogen (secondary N) is 1. The van der Waals surface area contributed by atoms with Crippen molar-refractivity contribution >= 4 is 5.97 Å². The van der Waals surface area contributed by atoms with E-state index in [0.717, 1.165) is 0 Å². The Morgan fingerprint density at radius 3 is 2.79 bits per heavy atom. The number of nitrogens with zero attached hydrogens (tertiary/aromatic N) is 1. The molecule has 0 bridgehead atoms. The fourth-order valence-corrected chi connectivity index (χ4v) is 1.55. The summed E-state index contributed by atoms with van der Waals surface area (Å²) in [6.07, 6.45) is 0. The number of hydrogen-bond donors (Lipinski definition) is 1. The Labute approximate surface area is 107 Å². The van der Waals surface area contributed by atoms with Gasteiger partial charge in [0.15, 0.2) is 0 Å². The Kier molecular flexibility index (Phi) is 3.74. The van der Waals surface area contributed by atoms with Gasteiger partial charge in [-0.1, -0.05) is 12.1 Å². The number of benzene rings is 1. The van der Waals surface area contributed by atoms with E-state index < -0.39 is 12.6 Å². The van der Waals surface area contributed by atoms with Gasteiger partial charge in [-0.05, 0) is 18.2 Å².